The third-order valence-corrected chi connectivity index (χ3v) is 4.67. The number of anilines is 3. The Morgan fingerprint density at radius 2 is 1.71 bits per heavy atom. The lowest BCUT2D eigenvalue weighted by atomic mass is 9.96. The van der Waals surface area contributed by atoms with Crippen molar-refractivity contribution in [2.24, 2.45) is 0 Å². The van der Waals surface area contributed by atoms with Crippen LogP contribution in [0, 0.1) is 0 Å². The number of rotatable bonds is 4. The second-order valence-corrected chi connectivity index (χ2v) is 6.70. The van der Waals surface area contributed by atoms with Crippen LogP contribution in [0.15, 0.2) is 40.9 Å². The molecule has 1 aliphatic carbocycles. The summed E-state index contributed by atoms with van der Waals surface area (Å²) in [6.07, 6.45) is 5.72. The largest absolute Gasteiger partial charge is 0.338 e. The maximum Gasteiger partial charge on any atom is 0.320 e. The van der Waals surface area contributed by atoms with E-state index in [1.165, 1.54) is 19.3 Å². The first kappa shape index (κ1) is 16.7. The average Bonchev–Trinajstić information content (AvgIpc) is 2.59. The first-order chi connectivity index (χ1) is 11.7. The van der Waals surface area contributed by atoms with Crippen molar-refractivity contribution in [3.63, 3.8) is 0 Å². The third-order valence-electron chi connectivity index (χ3n) is 3.98. The molecule has 1 heterocycles. The lowest BCUT2D eigenvalue weighted by Crippen LogP contribution is -2.39. The molecule has 6 nitrogen and oxygen atoms in total. The van der Waals surface area contributed by atoms with E-state index in [1.54, 1.807) is 12.1 Å². The molecule has 0 aliphatic heterocycles. The number of carbonyl (C=O) groups is 1. The smallest absolute Gasteiger partial charge is 0.320 e. The van der Waals surface area contributed by atoms with Crippen LogP contribution in [0.1, 0.15) is 32.1 Å². The molecule has 3 N–H and O–H groups in total. The van der Waals surface area contributed by atoms with Crippen LogP contribution in [0.2, 0.25) is 0 Å². The molecule has 2 amide bonds. The molecule has 7 heteroatoms. The normalized spacial score (nSPS) is 14.9. The maximum atomic E-state index is 12.0. The molecule has 0 atom stereocenters. The highest BCUT2D eigenvalue weighted by Gasteiger charge is 2.15. The number of benzene rings is 1. The van der Waals surface area contributed by atoms with Gasteiger partial charge in [-0.2, -0.15) is 0 Å². The summed E-state index contributed by atoms with van der Waals surface area (Å²) in [7, 11) is 0. The minimum absolute atomic E-state index is 0.220. The van der Waals surface area contributed by atoms with Crippen molar-refractivity contribution in [1.82, 2.24) is 15.5 Å². The molecule has 0 radical (unpaired) electrons. The van der Waals surface area contributed by atoms with Crippen LogP contribution >= 0.6 is 15.9 Å². The van der Waals surface area contributed by atoms with Crippen LogP contribution < -0.4 is 16.0 Å². The number of aromatic nitrogens is 2. The van der Waals surface area contributed by atoms with Crippen molar-refractivity contribution in [2.45, 2.75) is 38.1 Å². The summed E-state index contributed by atoms with van der Waals surface area (Å²) in [5, 5.41) is 17.0. The van der Waals surface area contributed by atoms with E-state index in [2.05, 4.69) is 42.1 Å². The van der Waals surface area contributed by atoms with E-state index in [-0.39, 0.29) is 12.1 Å². The summed E-state index contributed by atoms with van der Waals surface area (Å²) in [4.78, 5) is 12.0. The number of halogens is 1. The van der Waals surface area contributed by atoms with Gasteiger partial charge in [0.15, 0.2) is 11.6 Å². The van der Waals surface area contributed by atoms with Crippen LogP contribution in [0.3, 0.4) is 0 Å². The van der Waals surface area contributed by atoms with Crippen LogP contribution in [0.4, 0.5) is 22.1 Å². The molecule has 2 aromatic rings. The second-order valence-electron chi connectivity index (χ2n) is 5.84. The van der Waals surface area contributed by atoms with Gasteiger partial charge < -0.3 is 10.6 Å². The van der Waals surface area contributed by atoms with Gasteiger partial charge in [0.25, 0.3) is 0 Å². The zero-order chi connectivity index (χ0) is 16.8. The molecule has 0 spiro atoms. The zero-order valence-corrected chi connectivity index (χ0v) is 14.8. The summed E-state index contributed by atoms with van der Waals surface area (Å²) in [5.41, 5.74) is 0.905. The fourth-order valence-electron chi connectivity index (χ4n) is 2.75. The van der Waals surface area contributed by atoms with E-state index in [1.807, 2.05) is 24.3 Å². The van der Waals surface area contributed by atoms with Gasteiger partial charge in [-0.05, 0) is 53.0 Å². The Bertz CT molecular complexity index is 686. The van der Waals surface area contributed by atoms with E-state index in [0.29, 0.717) is 11.6 Å². The van der Waals surface area contributed by atoms with Crippen LogP contribution in [-0.4, -0.2) is 22.3 Å². The fourth-order valence-corrected chi connectivity index (χ4v) is 3.13. The molecule has 1 fully saturated rings. The van der Waals surface area contributed by atoms with Gasteiger partial charge in [-0.25, -0.2) is 4.79 Å². The molecule has 0 unspecified atom stereocenters. The number of hydrogen-bond acceptors (Lipinski definition) is 4. The van der Waals surface area contributed by atoms with Gasteiger partial charge >= 0.3 is 6.03 Å². The predicted molar refractivity (Wildman–Crippen MR) is 98.5 cm³/mol. The molecule has 1 aromatic carbocycles. The van der Waals surface area contributed by atoms with Crippen LogP contribution in [-0.2, 0) is 0 Å². The second kappa shape index (κ2) is 8.10. The summed E-state index contributed by atoms with van der Waals surface area (Å²) < 4.78 is 0.945. The molecular formula is C17H20BrN5O. The number of urea groups is 1. The summed E-state index contributed by atoms with van der Waals surface area (Å²) in [5.74, 6) is 1.04. The van der Waals surface area contributed by atoms with Crippen molar-refractivity contribution in [3.8, 4) is 0 Å². The van der Waals surface area contributed by atoms with E-state index < -0.39 is 0 Å². The number of amides is 2. The summed E-state index contributed by atoms with van der Waals surface area (Å²) in [6.45, 7) is 0. The van der Waals surface area contributed by atoms with Gasteiger partial charge in [-0.1, -0.05) is 31.4 Å². The lowest BCUT2D eigenvalue weighted by Gasteiger charge is -2.22. The van der Waals surface area contributed by atoms with Crippen LogP contribution in [0.5, 0.6) is 0 Å². The van der Waals surface area contributed by atoms with Crippen LogP contribution in [0.25, 0.3) is 0 Å². The minimum atomic E-state index is -0.220. The Labute approximate surface area is 149 Å². The molecule has 24 heavy (non-hydrogen) atoms. The Balaban J connectivity index is 1.54. The van der Waals surface area contributed by atoms with Crippen molar-refractivity contribution < 1.29 is 4.79 Å². The summed E-state index contributed by atoms with van der Waals surface area (Å²) in [6, 6.07) is 11.3. The molecule has 1 saturated carbocycles. The number of nitrogens with one attached hydrogen (secondary N) is 3. The number of nitrogens with zero attached hydrogens (tertiary/aromatic N) is 2. The number of hydrogen-bond donors (Lipinski definition) is 3. The van der Waals surface area contributed by atoms with E-state index in [4.69, 9.17) is 0 Å². The average molecular weight is 390 g/mol. The van der Waals surface area contributed by atoms with Crippen molar-refractivity contribution in [3.05, 3.63) is 40.9 Å². The predicted octanol–water partition coefficient (Wildman–Crippen LogP) is 4.44. The number of carbonyl (C=O) groups excluding carboxylic acids is 1. The lowest BCUT2D eigenvalue weighted by molar-refractivity contribution is 0.244. The Kier molecular flexibility index (Phi) is 5.63. The van der Waals surface area contributed by atoms with Gasteiger partial charge in [0.1, 0.15) is 0 Å². The first-order valence-corrected chi connectivity index (χ1v) is 8.93. The van der Waals surface area contributed by atoms with Gasteiger partial charge in [0, 0.05) is 10.5 Å². The van der Waals surface area contributed by atoms with Gasteiger partial charge in [-0.3, -0.25) is 5.32 Å². The van der Waals surface area contributed by atoms with Gasteiger partial charge in [0.05, 0.1) is 5.69 Å². The molecule has 3 rings (SSSR count). The van der Waals surface area contributed by atoms with Crippen molar-refractivity contribution in [2.75, 3.05) is 10.6 Å². The number of para-hydroxylation sites is 1. The molecule has 1 aromatic heterocycles. The van der Waals surface area contributed by atoms with Crippen molar-refractivity contribution in [1.29, 1.82) is 0 Å². The molecular weight excluding hydrogens is 370 g/mol. The first-order valence-electron chi connectivity index (χ1n) is 8.13. The SMILES string of the molecule is O=C(Nc1ccc(Nc2ccccc2Br)nn1)NC1CCCCC1. The fraction of sp³-hybridized carbons (Fsp3) is 0.353. The van der Waals surface area contributed by atoms with Gasteiger partial charge in [0.2, 0.25) is 0 Å². The molecule has 1 aliphatic rings. The standard InChI is InChI=1S/C17H20BrN5O/c18-13-8-4-5-9-14(13)20-15-10-11-16(23-22-15)21-17(24)19-12-6-2-1-3-7-12/h4-5,8-12H,1-3,6-7H2,(H,20,22)(H2,19,21,23,24). The topological polar surface area (TPSA) is 78.9 Å². The highest BCUT2D eigenvalue weighted by Crippen LogP contribution is 2.24. The molecule has 0 bridgehead atoms. The Morgan fingerprint density at radius 3 is 2.42 bits per heavy atom. The molecule has 126 valence electrons. The Morgan fingerprint density at radius 1 is 1.00 bits per heavy atom. The quantitative estimate of drug-likeness (QED) is 0.721. The third kappa shape index (κ3) is 4.67. The monoisotopic (exact) mass is 389 g/mol. The maximum absolute atomic E-state index is 12.0. The molecule has 0 saturated heterocycles. The van der Waals surface area contributed by atoms with E-state index >= 15 is 0 Å². The highest BCUT2D eigenvalue weighted by atomic mass is 79.9. The minimum Gasteiger partial charge on any atom is -0.338 e. The summed E-state index contributed by atoms with van der Waals surface area (Å²) >= 11 is 3.47. The highest BCUT2D eigenvalue weighted by molar-refractivity contribution is 9.10. The zero-order valence-electron chi connectivity index (χ0n) is 13.3. The van der Waals surface area contributed by atoms with E-state index in [9.17, 15) is 4.79 Å². The van der Waals surface area contributed by atoms with Gasteiger partial charge in [-0.15, -0.1) is 10.2 Å². The Hall–Kier alpha value is -2.15. The van der Waals surface area contributed by atoms with E-state index in [0.717, 1.165) is 23.0 Å². The van der Waals surface area contributed by atoms with Crippen molar-refractivity contribution >= 4 is 39.3 Å².